The highest BCUT2D eigenvalue weighted by atomic mass is 16.1. The van der Waals surface area contributed by atoms with Gasteiger partial charge in [-0.15, -0.1) is 0 Å². The van der Waals surface area contributed by atoms with E-state index in [-0.39, 0.29) is 5.41 Å². The first-order valence-electron chi connectivity index (χ1n) is 6.32. The topological polar surface area (TPSA) is 32.3 Å². The van der Waals surface area contributed by atoms with Crippen molar-refractivity contribution >= 4 is 6.29 Å². The number of hydrogen-bond donors (Lipinski definition) is 1. The average molecular weight is 228 g/mol. The predicted molar refractivity (Wildman–Crippen MR) is 69.7 cm³/mol. The molecule has 0 bridgehead atoms. The van der Waals surface area contributed by atoms with Crippen LogP contribution in [0.1, 0.15) is 40.0 Å². The average Bonchev–Trinajstić information content (AvgIpc) is 2.29. The van der Waals surface area contributed by atoms with Gasteiger partial charge in [0.05, 0.1) is 0 Å². The van der Waals surface area contributed by atoms with Gasteiger partial charge < -0.3 is 15.0 Å². The van der Waals surface area contributed by atoms with Gasteiger partial charge in [0.25, 0.3) is 0 Å². The van der Waals surface area contributed by atoms with Crippen LogP contribution in [0.15, 0.2) is 0 Å². The van der Waals surface area contributed by atoms with Crippen molar-refractivity contribution in [2.24, 2.45) is 5.41 Å². The maximum atomic E-state index is 11.3. The van der Waals surface area contributed by atoms with E-state index in [9.17, 15) is 4.79 Å². The number of hydrogen-bond acceptors (Lipinski definition) is 3. The molecule has 0 aliphatic heterocycles. The first kappa shape index (κ1) is 15.6. The van der Waals surface area contributed by atoms with Gasteiger partial charge in [-0.1, -0.05) is 6.92 Å². The summed E-state index contributed by atoms with van der Waals surface area (Å²) in [5.74, 6) is 0. The van der Waals surface area contributed by atoms with Gasteiger partial charge in [0.1, 0.15) is 6.29 Å². The van der Waals surface area contributed by atoms with Gasteiger partial charge in [0.15, 0.2) is 0 Å². The Bertz CT molecular complexity index is 194. The van der Waals surface area contributed by atoms with Crippen LogP contribution in [0.25, 0.3) is 0 Å². The number of nitrogens with zero attached hydrogens (tertiary/aromatic N) is 1. The Hall–Kier alpha value is -0.410. The second-order valence-electron chi connectivity index (χ2n) is 5.01. The van der Waals surface area contributed by atoms with E-state index in [1.165, 1.54) is 6.29 Å². The van der Waals surface area contributed by atoms with Crippen molar-refractivity contribution < 1.29 is 4.79 Å². The summed E-state index contributed by atoms with van der Waals surface area (Å²) >= 11 is 0. The SMILES string of the molecule is CCC(C=O)(CCNC)CCN(C)C(C)C. The first-order chi connectivity index (χ1) is 7.51. The van der Waals surface area contributed by atoms with E-state index in [0.29, 0.717) is 6.04 Å². The molecule has 0 rings (SSSR count). The van der Waals surface area contributed by atoms with Gasteiger partial charge >= 0.3 is 0 Å². The summed E-state index contributed by atoms with van der Waals surface area (Å²) < 4.78 is 0. The van der Waals surface area contributed by atoms with Crippen LogP contribution in [-0.4, -0.2) is 44.4 Å². The number of carbonyl (C=O) groups is 1. The molecule has 0 aromatic carbocycles. The Kier molecular flexibility index (Phi) is 7.60. The molecule has 0 spiro atoms. The fourth-order valence-corrected chi connectivity index (χ4v) is 1.71. The number of aldehydes is 1. The molecule has 96 valence electrons. The molecule has 0 aliphatic carbocycles. The molecule has 0 aromatic heterocycles. The molecule has 0 heterocycles. The molecule has 3 nitrogen and oxygen atoms in total. The lowest BCUT2D eigenvalue weighted by Gasteiger charge is -2.30. The molecule has 0 aromatic rings. The minimum atomic E-state index is -0.133. The Labute approximate surface area is 101 Å². The minimum absolute atomic E-state index is 0.133. The molecule has 1 atom stereocenters. The van der Waals surface area contributed by atoms with Gasteiger partial charge in [-0.05, 0) is 60.3 Å². The lowest BCUT2D eigenvalue weighted by Crippen LogP contribution is -2.34. The van der Waals surface area contributed by atoms with E-state index in [1.54, 1.807) is 0 Å². The van der Waals surface area contributed by atoms with Gasteiger partial charge in [-0.3, -0.25) is 0 Å². The highest BCUT2D eigenvalue weighted by Gasteiger charge is 2.27. The van der Waals surface area contributed by atoms with Crippen molar-refractivity contribution in [2.45, 2.75) is 46.1 Å². The quantitative estimate of drug-likeness (QED) is 0.612. The van der Waals surface area contributed by atoms with E-state index >= 15 is 0 Å². The lowest BCUT2D eigenvalue weighted by molar-refractivity contribution is -0.117. The normalized spacial score (nSPS) is 15.4. The van der Waals surface area contributed by atoms with Crippen LogP contribution in [0, 0.1) is 5.41 Å². The predicted octanol–water partition coefficient (Wildman–Crippen LogP) is 1.92. The summed E-state index contributed by atoms with van der Waals surface area (Å²) in [6, 6.07) is 0.547. The highest BCUT2D eigenvalue weighted by molar-refractivity contribution is 5.59. The molecule has 0 saturated heterocycles. The summed E-state index contributed by atoms with van der Waals surface area (Å²) in [6.07, 6.45) is 4.00. The molecule has 0 amide bonds. The fraction of sp³-hybridized carbons (Fsp3) is 0.923. The number of carbonyl (C=O) groups excluding carboxylic acids is 1. The van der Waals surface area contributed by atoms with Crippen LogP contribution in [0.3, 0.4) is 0 Å². The van der Waals surface area contributed by atoms with Gasteiger partial charge in [0.2, 0.25) is 0 Å². The van der Waals surface area contributed by atoms with Crippen molar-refractivity contribution in [3.63, 3.8) is 0 Å². The summed E-state index contributed by atoms with van der Waals surface area (Å²) in [5.41, 5.74) is -0.133. The summed E-state index contributed by atoms with van der Waals surface area (Å²) in [6.45, 7) is 8.38. The van der Waals surface area contributed by atoms with Crippen LogP contribution >= 0.6 is 0 Å². The van der Waals surface area contributed by atoms with Crippen molar-refractivity contribution in [3.8, 4) is 0 Å². The van der Waals surface area contributed by atoms with Crippen LogP contribution in [0.5, 0.6) is 0 Å². The smallest absolute Gasteiger partial charge is 0.126 e. The number of rotatable bonds is 9. The fourth-order valence-electron chi connectivity index (χ4n) is 1.71. The Morgan fingerprint density at radius 2 is 2.00 bits per heavy atom. The zero-order chi connectivity index (χ0) is 12.6. The molecular weight excluding hydrogens is 200 g/mol. The molecule has 16 heavy (non-hydrogen) atoms. The standard InChI is InChI=1S/C13H28N2O/c1-6-13(11-16,7-9-14-4)8-10-15(5)12(2)3/h11-12,14H,6-10H2,1-5H3. The Balaban J connectivity index is 4.25. The molecule has 0 aliphatic rings. The Morgan fingerprint density at radius 1 is 1.38 bits per heavy atom. The van der Waals surface area contributed by atoms with Gasteiger partial charge in [-0.25, -0.2) is 0 Å². The second-order valence-corrected chi connectivity index (χ2v) is 5.01. The van der Waals surface area contributed by atoms with Crippen molar-refractivity contribution in [3.05, 3.63) is 0 Å². The lowest BCUT2D eigenvalue weighted by atomic mass is 9.80. The molecular formula is C13H28N2O. The maximum Gasteiger partial charge on any atom is 0.126 e. The molecule has 1 N–H and O–H groups in total. The molecule has 1 unspecified atom stereocenters. The molecule has 0 fully saturated rings. The second kappa shape index (κ2) is 7.80. The van der Waals surface area contributed by atoms with Crippen LogP contribution in [0.2, 0.25) is 0 Å². The third kappa shape index (κ3) is 5.08. The van der Waals surface area contributed by atoms with E-state index in [4.69, 9.17) is 0 Å². The van der Waals surface area contributed by atoms with Crippen LogP contribution in [0.4, 0.5) is 0 Å². The molecule has 0 radical (unpaired) electrons. The summed E-state index contributed by atoms with van der Waals surface area (Å²) in [7, 11) is 4.05. The summed E-state index contributed by atoms with van der Waals surface area (Å²) in [5, 5.41) is 3.13. The van der Waals surface area contributed by atoms with Crippen molar-refractivity contribution in [2.75, 3.05) is 27.2 Å². The largest absolute Gasteiger partial charge is 0.320 e. The number of nitrogens with one attached hydrogen (secondary N) is 1. The third-order valence-corrected chi connectivity index (χ3v) is 3.67. The third-order valence-electron chi connectivity index (χ3n) is 3.67. The maximum absolute atomic E-state index is 11.3. The minimum Gasteiger partial charge on any atom is -0.320 e. The zero-order valence-corrected chi connectivity index (χ0v) is 11.5. The molecule has 3 heteroatoms. The Morgan fingerprint density at radius 3 is 2.38 bits per heavy atom. The summed E-state index contributed by atoms with van der Waals surface area (Å²) in [4.78, 5) is 13.6. The van der Waals surface area contributed by atoms with E-state index < -0.39 is 0 Å². The van der Waals surface area contributed by atoms with Crippen molar-refractivity contribution in [1.82, 2.24) is 10.2 Å². The van der Waals surface area contributed by atoms with E-state index in [1.807, 2.05) is 7.05 Å². The highest BCUT2D eigenvalue weighted by Crippen LogP contribution is 2.28. The van der Waals surface area contributed by atoms with Gasteiger partial charge in [-0.2, -0.15) is 0 Å². The van der Waals surface area contributed by atoms with Crippen LogP contribution < -0.4 is 5.32 Å². The monoisotopic (exact) mass is 228 g/mol. The molecule has 0 saturated carbocycles. The van der Waals surface area contributed by atoms with Gasteiger partial charge in [0, 0.05) is 11.5 Å². The van der Waals surface area contributed by atoms with E-state index in [2.05, 4.69) is 38.0 Å². The zero-order valence-electron chi connectivity index (χ0n) is 11.5. The van der Waals surface area contributed by atoms with Crippen molar-refractivity contribution in [1.29, 1.82) is 0 Å². The first-order valence-corrected chi connectivity index (χ1v) is 6.32. The van der Waals surface area contributed by atoms with E-state index in [0.717, 1.165) is 32.4 Å². The van der Waals surface area contributed by atoms with Crippen LogP contribution in [-0.2, 0) is 4.79 Å².